The van der Waals surface area contributed by atoms with E-state index in [1.807, 2.05) is 0 Å². The zero-order valence-electron chi connectivity index (χ0n) is 12.0. The molecule has 0 aromatic carbocycles. The Morgan fingerprint density at radius 3 is 2.70 bits per heavy atom. The number of hydrogen-bond donors (Lipinski definition) is 2. The number of amides is 2. The monoisotopic (exact) mass is 304 g/mol. The highest BCUT2D eigenvalue weighted by Gasteiger charge is 2.22. The number of nitrogens with one attached hydrogen (secondary N) is 1. The molecule has 1 heterocycles. The van der Waals surface area contributed by atoms with Crippen LogP contribution >= 0.6 is 11.8 Å². The van der Waals surface area contributed by atoms with Crippen LogP contribution in [0.2, 0.25) is 0 Å². The van der Waals surface area contributed by atoms with Crippen LogP contribution in [0.15, 0.2) is 0 Å². The normalized spacial score (nSPS) is 16.1. The second-order valence-corrected chi connectivity index (χ2v) is 5.76. The summed E-state index contributed by atoms with van der Waals surface area (Å²) in [6.07, 6.45) is 4.71. The molecular weight excluding hydrogens is 280 g/mol. The van der Waals surface area contributed by atoms with E-state index in [-0.39, 0.29) is 25.2 Å². The van der Waals surface area contributed by atoms with Gasteiger partial charge in [0.15, 0.2) is 0 Å². The molecule has 1 aliphatic rings. The van der Waals surface area contributed by atoms with E-state index in [1.54, 1.807) is 16.7 Å². The van der Waals surface area contributed by atoms with E-state index in [1.165, 1.54) is 0 Å². The third-order valence-corrected chi connectivity index (χ3v) is 3.90. The number of aliphatic carboxylic acids is 1. The summed E-state index contributed by atoms with van der Waals surface area (Å²) in [7, 11) is 0. The molecule has 1 saturated heterocycles. The number of rotatable bonds is 8. The lowest BCUT2D eigenvalue weighted by molar-refractivity contribution is -0.138. The van der Waals surface area contributed by atoms with Crippen molar-refractivity contribution in [2.24, 2.45) is 0 Å². The molecule has 20 heavy (non-hydrogen) atoms. The van der Waals surface area contributed by atoms with Crippen molar-refractivity contribution in [3.63, 3.8) is 0 Å². The smallest absolute Gasteiger partial charge is 0.317 e. The van der Waals surface area contributed by atoms with E-state index >= 15 is 0 Å². The third kappa shape index (κ3) is 7.00. The van der Waals surface area contributed by atoms with Gasteiger partial charge in [-0.15, -0.1) is 0 Å². The minimum atomic E-state index is -0.841. The maximum atomic E-state index is 11.9. The summed E-state index contributed by atoms with van der Waals surface area (Å²) in [5, 5.41) is 11.5. The summed E-state index contributed by atoms with van der Waals surface area (Å²) in [6, 6.07) is -0.00455. The predicted molar refractivity (Wildman–Crippen MR) is 79.2 cm³/mol. The molecule has 1 aliphatic heterocycles. The summed E-state index contributed by atoms with van der Waals surface area (Å²) in [6.45, 7) is 2.31. The number of thioether (sulfide) groups is 1. The average molecular weight is 304 g/mol. The van der Waals surface area contributed by atoms with Crippen LogP contribution in [0.3, 0.4) is 0 Å². The van der Waals surface area contributed by atoms with Crippen LogP contribution in [0.25, 0.3) is 0 Å². The van der Waals surface area contributed by atoms with Gasteiger partial charge in [0.2, 0.25) is 0 Å². The molecule has 0 radical (unpaired) electrons. The first-order chi connectivity index (χ1) is 9.63. The molecule has 2 amide bonds. The van der Waals surface area contributed by atoms with Gasteiger partial charge in [-0.25, -0.2) is 4.79 Å². The minimum absolute atomic E-state index is 0.00455. The number of carbonyl (C=O) groups excluding carboxylic acids is 1. The van der Waals surface area contributed by atoms with Gasteiger partial charge in [-0.1, -0.05) is 0 Å². The highest BCUT2D eigenvalue weighted by Crippen LogP contribution is 2.14. The summed E-state index contributed by atoms with van der Waals surface area (Å²) >= 11 is 1.78. The Morgan fingerprint density at radius 2 is 2.10 bits per heavy atom. The number of likely N-dealkylation sites (tertiary alicyclic amines) is 1. The number of carboxylic acids is 1. The first kappa shape index (κ1) is 17.1. The average Bonchev–Trinajstić information content (AvgIpc) is 2.44. The first-order valence-corrected chi connectivity index (χ1v) is 8.38. The number of urea groups is 1. The lowest BCUT2D eigenvalue weighted by atomic mass is 10.1. The topological polar surface area (TPSA) is 78.9 Å². The number of carbonyl (C=O) groups is 2. The molecule has 0 spiro atoms. The van der Waals surface area contributed by atoms with Gasteiger partial charge in [-0.2, -0.15) is 11.8 Å². The molecular formula is C13H24N2O4S. The number of ether oxygens (including phenoxy) is 1. The van der Waals surface area contributed by atoms with Crippen LogP contribution in [0, 0.1) is 0 Å². The fourth-order valence-corrected chi connectivity index (χ4v) is 2.50. The van der Waals surface area contributed by atoms with Crippen LogP contribution in [0.5, 0.6) is 0 Å². The van der Waals surface area contributed by atoms with Crippen molar-refractivity contribution in [1.82, 2.24) is 10.2 Å². The van der Waals surface area contributed by atoms with E-state index in [0.29, 0.717) is 19.6 Å². The fourth-order valence-electron chi connectivity index (χ4n) is 2.06. The number of carboxylic acid groups (broad SMARTS) is 1. The predicted octanol–water partition coefficient (Wildman–Crippen LogP) is 1.40. The fraction of sp³-hybridized carbons (Fsp3) is 0.846. The highest BCUT2D eigenvalue weighted by atomic mass is 32.2. The molecule has 0 unspecified atom stereocenters. The Balaban J connectivity index is 2.11. The molecule has 116 valence electrons. The summed E-state index contributed by atoms with van der Waals surface area (Å²) in [5.74, 6) is 0.215. The Morgan fingerprint density at radius 1 is 1.40 bits per heavy atom. The summed E-state index contributed by atoms with van der Waals surface area (Å²) in [4.78, 5) is 24.0. The first-order valence-electron chi connectivity index (χ1n) is 6.98. The quantitative estimate of drug-likeness (QED) is 0.663. The van der Waals surface area contributed by atoms with E-state index in [0.717, 1.165) is 25.0 Å². The summed E-state index contributed by atoms with van der Waals surface area (Å²) < 4.78 is 5.49. The van der Waals surface area contributed by atoms with Gasteiger partial charge in [0.05, 0.1) is 19.1 Å². The largest absolute Gasteiger partial charge is 0.481 e. The van der Waals surface area contributed by atoms with Crippen LogP contribution in [0.4, 0.5) is 4.79 Å². The van der Waals surface area contributed by atoms with Crippen molar-refractivity contribution >= 4 is 23.8 Å². The third-order valence-electron chi connectivity index (χ3n) is 3.20. The van der Waals surface area contributed by atoms with Gasteiger partial charge < -0.3 is 20.1 Å². The van der Waals surface area contributed by atoms with Gasteiger partial charge in [0.1, 0.15) is 0 Å². The van der Waals surface area contributed by atoms with Crippen molar-refractivity contribution < 1.29 is 19.4 Å². The number of nitrogens with zero attached hydrogens (tertiary/aromatic N) is 1. The molecule has 0 aromatic heterocycles. The molecule has 1 rings (SSSR count). The molecule has 2 N–H and O–H groups in total. The molecule has 1 fully saturated rings. The van der Waals surface area contributed by atoms with Crippen molar-refractivity contribution in [3.05, 3.63) is 0 Å². The zero-order chi connectivity index (χ0) is 14.8. The van der Waals surface area contributed by atoms with E-state index < -0.39 is 5.97 Å². The maximum absolute atomic E-state index is 11.9. The minimum Gasteiger partial charge on any atom is -0.481 e. The van der Waals surface area contributed by atoms with Crippen molar-refractivity contribution in [3.8, 4) is 0 Å². The van der Waals surface area contributed by atoms with Gasteiger partial charge in [0, 0.05) is 19.6 Å². The molecule has 0 aliphatic carbocycles. The highest BCUT2D eigenvalue weighted by molar-refractivity contribution is 7.98. The standard InChI is InChI=1S/C13H24N2O4S/c1-20-10-2-6-14-13(18)15-7-3-11(4-8-15)19-9-5-12(16)17/h11H,2-10H2,1H3,(H,14,18)(H,16,17). The van der Waals surface area contributed by atoms with Crippen molar-refractivity contribution in [2.75, 3.05) is 38.2 Å². The zero-order valence-corrected chi connectivity index (χ0v) is 12.8. The van der Waals surface area contributed by atoms with Gasteiger partial charge in [-0.3, -0.25) is 4.79 Å². The number of piperidine rings is 1. The molecule has 6 nitrogen and oxygen atoms in total. The second kappa shape index (κ2) is 9.88. The van der Waals surface area contributed by atoms with Crippen LogP contribution in [-0.2, 0) is 9.53 Å². The van der Waals surface area contributed by atoms with Gasteiger partial charge >= 0.3 is 12.0 Å². The lowest BCUT2D eigenvalue weighted by Gasteiger charge is -2.31. The SMILES string of the molecule is CSCCCNC(=O)N1CCC(OCCC(=O)O)CC1. The summed E-state index contributed by atoms with van der Waals surface area (Å²) in [5.41, 5.74) is 0. The van der Waals surface area contributed by atoms with Crippen molar-refractivity contribution in [2.45, 2.75) is 31.8 Å². The Labute approximate surface area is 124 Å². The van der Waals surface area contributed by atoms with E-state index in [4.69, 9.17) is 9.84 Å². The van der Waals surface area contributed by atoms with Gasteiger partial charge in [0.25, 0.3) is 0 Å². The van der Waals surface area contributed by atoms with E-state index in [2.05, 4.69) is 11.6 Å². The van der Waals surface area contributed by atoms with Crippen LogP contribution < -0.4 is 5.32 Å². The van der Waals surface area contributed by atoms with Crippen molar-refractivity contribution in [1.29, 1.82) is 0 Å². The Hall–Kier alpha value is -0.950. The molecule has 0 bridgehead atoms. The Kier molecular flexibility index (Phi) is 8.45. The lowest BCUT2D eigenvalue weighted by Crippen LogP contribution is -2.46. The molecule has 7 heteroatoms. The second-order valence-electron chi connectivity index (χ2n) is 4.78. The Bertz CT molecular complexity index is 307. The molecule has 0 saturated carbocycles. The van der Waals surface area contributed by atoms with E-state index in [9.17, 15) is 9.59 Å². The molecule has 0 aromatic rings. The van der Waals surface area contributed by atoms with Gasteiger partial charge in [-0.05, 0) is 31.3 Å². The maximum Gasteiger partial charge on any atom is 0.317 e. The van der Waals surface area contributed by atoms with Crippen LogP contribution in [0.1, 0.15) is 25.7 Å². The molecule has 0 atom stereocenters. The number of hydrogen-bond acceptors (Lipinski definition) is 4. The van der Waals surface area contributed by atoms with Crippen LogP contribution in [-0.4, -0.2) is 66.4 Å².